The van der Waals surface area contributed by atoms with Crippen molar-refractivity contribution in [1.29, 1.82) is 5.41 Å². The van der Waals surface area contributed by atoms with E-state index in [0.717, 1.165) is 28.1 Å². The highest BCUT2D eigenvalue weighted by Gasteiger charge is 2.42. The van der Waals surface area contributed by atoms with Gasteiger partial charge in [-0.05, 0) is 44.0 Å². The maximum Gasteiger partial charge on any atom is 0.283 e. The van der Waals surface area contributed by atoms with Crippen molar-refractivity contribution in [3.63, 3.8) is 0 Å². The third-order valence-corrected chi connectivity index (χ3v) is 7.97. The van der Waals surface area contributed by atoms with E-state index < -0.39 is 20.7 Å². The number of nitro groups is 1. The zero-order valence-electron chi connectivity index (χ0n) is 18.7. The van der Waals surface area contributed by atoms with Crippen LogP contribution in [0, 0.1) is 36.3 Å². The van der Waals surface area contributed by atoms with Crippen LogP contribution >= 0.6 is 11.9 Å². The Morgan fingerprint density at radius 1 is 1.24 bits per heavy atom. The van der Waals surface area contributed by atoms with Gasteiger partial charge < -0.3 is 4.57 Å². The number of hydrogen-bond donors (Lipinski definition) is 1. The zero-order valence-corrected chi connectivity index (χ0v) is 20.3. The van der Waals surface area contributed by atoms with Crippen molar-refractivity contribution in [2.45, 2.75) is 27.7 Å². The number of nitrogens with one attached hydrogen (secondary N) is 1. The number of carbonyl (C=O) groups is 1. The summed E-state index contributed by atoms with van der Waals surface area (Å²) in [6, 6.07) is 6.37. The molecule has 0 radical (unpaired) electrons. The van der Waals surface area contributed by atoms with E-state index in [1.165, 1.54) is 25.1 Å². The lowest BCUT2D eigenvalue weighted by Gasteiger charge is -2.24. The molecule has 4 rings (SSSR count). The molecule has 13 heteroatoms. The molecule has 11 nitrogen and oxygen atoms in total. The minimum absolute atomic E-state index is 0.0249. The molecule has 3 heterocycles. The Kier molecular flexibility index (Phi) is 5.77. The molecule has 1 aromatic carbocycles. The number of benzene rings is 1. The lowest BCUT2D eigenvalue weighted by atomic mass is 10.1. The van der Waals surface area contributed by atoms with Crippen molar-refractivity contribution in [1.82, 2.24) is 9.47 Å². The number of nitrogens with zero attached hydrogens (tertiary/aromatic N) is 5. The fourth-order valence-corrected chi connectivity index (χ4v) is 5.70. The van der Waals surface area contributed by atoms with Gasteiger partial charge in [0.25, 0.3) is 11.6 Å². The summed E-state index contributed by atoms with van der Waals surface area (Å²) in [5.41, 5.74) is 3.37. The standard InChI is InChI=1S/C21H20N6O5S2/c1-5-34(31,32)21-24-33-20-23-19(28)16(18(22)26(20)21)9-14-8-12(3)25(13(14)4)17-10-15(27(29)30)7-6-11(17)2/h6-10,22H,5H2,1-4H3/b16-9-,22-18?. The predicted octanol–water partition coefficient (Wildman–Crippen LogP) is 3.32. The van der Waals surface area contributed by atoms with Crippen LogP contribution in [0.15, 0.2) is 39.2 Å². The number of fused-ring (bicyclic) bond motifs is 1. The SMILES string of the molecule is CCS(=O)(=O)C1=NSC2=NC(=O)/C(=C\c3cc(C)n(-c4cc([N+](=O)[O-])ccc4C)c3C)C(=N)N21. The largest absolute Gasteiger partial charge is 0.317 e. The van der Waals surface area contributed by atoms with Crippen molar-refractivity contribution in [3.05, 3.63) is 62.5 Å². The monoisotopic (exact) mass is 500 g/mol. The van der Waals surface area contributed by atoms with Crippen LogP contribution < -0.4 is 0 Å². The Morgan fingerprint density at radius 2 is 1.94 bits per heavy atom. The first-order chi connectivity index (χ1) is 16.0. The highest BCUT2D eigenvalue weighted by atomic mass is 32.2. The molecule has 0 atom stereocenters. The number of amides is 1. The summed E-state index contributed by atoms with van der Waals surface area (Å²) in [6.45, 7) is 6.93. The summed E-state index contributed by atoms with van der Waals surface area (Å²) in [7, 11) is -3.74. The van der Waals surface area contributed by atoms with Crippen molar-refractivity contribution < 1.29 is 18.1 Å². The van der Waals surface area contributed by atoms with E-state index >= 15 is 0 Å². The Balaban J connectivity index is 1.80. The molecule has 0 saturated carbocycles. The summed E-state index contributed by atoms with van der Waals surface area (Å²) in [5.74, 6) is -1.21. The van der Waals surface area contributed by atoms with Crippen molar-refractivity contribution in [3.8, 4) is 5.69 Å². The normalized spacial score (nSPS) is 17.2. The molecule has 0 bridgehead atoms. The zero-order chi connectivity index (χ0) is 24.9. The third kappa shape index (κ3) is 3.76. The van der Waals surface area contributed by atoms with Gasteiger partial charge in [0.2, 0.25) is 20.2 Å². The Morgan fingerprint density at radius 3 is 2.59 bits per heavy atom. The van der Waals surface area contributed by atoms with Gasteiger partial charge in [0.1, 0.15) is 5.84 Å². The van der Waals surface area contributed by atoms with Gasteiger partial charge in [-0.15, -0.1) is 0 Å². The highest BCUT2D eigenvalue weighted by Crippen LogP contribution is 2.32. The average molecular weight is 501 g/mol. The molecule has 0 saturated heterocycles. The van der Waals surface area contributed by atoms with E-state index in [1.807, 2.05) is 18.4 Å². The van der Waals surface area contributed by atoms with E-state index in [-0.39, 0.29) is 33.2 Å². The van der Waals surface area contributed by atoms with E-state index in [2.05, 4.69) is 9.39 Å². The number of aliphatic imine (C=N–C) groups is 1. The number of aryl methyl sites for hydroxylation is 2. The lowest BCUT2D eigenvalue weighted by Crippen LogP contribution is -2.45. The molecule has 1 N–H and O–H groups in total. The number of carbonyl (C=O) groups excluding carboxylic acids is 1. The second-order valence-corrected chi connectivity index (χ2v) is 10.6. The first-order valence-corrected chi connectivity index (χ1v) is 12.5. The van der Waals surface area contributed by atoms with Crippen molar-refractivity contribution in [2.24, 2.45) is 9.39 Å². The molecule has 2 aliphatic heterocycles. The first kappa shape index (κ1) is 23.6. The first-order valence-electron chi connectivity index (χ1n) is 10.1. The van der Waals surface area contributed by atoms with Crippen molar-refractivity contribution >= 4 is 55.6 Å². The number of hydrogen-bond acceptors (Lipinski definition) is 8. The average Bonchev–Trinajstić information content (AvgIpc) is 3.32. The Hall–Kier alpha value is -3.58. The number of aromatic nitrogens is 1. The predicted molar refractivity (Wildman–Crippen MR) is 131 cm³/mol. The molecule has 1 amide bonds. The molecular weight excluding hydrogens is 480 g/mol. The van der Waals surface area contributed by atoms with E-state index in [0.29, 0.717) is 16.9 Å². The highest BCUT2D eigenvalue weighted by molar-refractivity contribution is 8.16. The van der Waals surface area contributed by atoms with Crippen LogP contribution in [0.1, 0.15) is 29.4 Å². The summed E-state index contributed by atoms with van der Waals surface area (Å²) < 4.78 is 30.6. The summed E-state index contributed by atoms with van der Waals surface area (Å²) in [5, 5.41) is 19.5. The Labute approximate surface area is 199 Å². The van der Waals surface area contributed by atoms with Crippen LogP contribution in [-0.4, -0.2) is 50.6 Å². The van der Waals surface area contributed by atoms with Crippen LogP contribution in [0.25, 0.3) is 11.8 Å². The van der Waals surface area contributed by atoms with Gasteiger partial charge in [-0.25, -0.2) is 13.3 Å². The van der Waals surface area contributed by atoms with Crippen LogP contribution in [0.2, 0.25) is 0 Å². The van der Waals surface area contributed by atoms with Gasteiger partial charge in [0, 0.05) is 23.5 Å². The van der Waals surface area contributed by atoms with Gasteiger partial charge in [0.15, 0.2) is 0 Å². The number of non-ortho nitro benzene ring substituents is 1. The fourth-order valence-electron chi connectivity index (χ4n) is 3.74. The molecule has 1 aromatic heterocycles. The number of nitro benzene ring substituents is 1. The molecule has 0 fully saturated rings. The molecule has 176 valence electrons. The summed E-state index contributed by atoms with van der Waals surface area (Å²) in [4.78, 5) is 28.5. The maximum absolute atomic E-state index is 12.7. The molecule has 34 heavy (non-hydrogen) atoms. The summed E-state index contributed by atoms with van der Waals surface area (Å²) in [6.07, 6.45) is 1.48. The number of rotatable bonds is 4. The minimum atomic E-state index is -3.74. The molecular formula is C21H20N6O5S2. The van der Waals surface area contributed by atoms with Gasteiger partial charge in [-0.1, -0.05) is 13.0 Å². The number of amidine groups is 3. The quantitative estimate of drug-likeness (QED) is 0.293. The topological polar surface area (TPSA) is 151 Å². The van der Waals surface area contributed by atoms with Gasteiger partial charge >= 0.3 is 0 Å². The van der Waals surface area contributed by atoms with Crippen molar-refractivity contribution in [2.75, 3.05) is 5.75 Å². The molecule has 0 unspecified atom stereocenters. The van der Waals surface area contributed by atoms with Crippen LogP contribution in [0.5, 0.6) is 0 Å². The Bertz CT molecular complexity index is 1480. The maximum atomic E-state index is 12.7. The third-order valence-electron chi connectivity index (χ3n) is 5.57. The van der Waals surface area contributed by atoms with Gasteiger partial charge in [-0.2, -0.15) is 9.39 Å². The van der Waals surface area contributed by atoms with Gasteiger partial charge in [0.05, 0.1) is 33.9 Å². The van der Waals surface area contributed by atoms with E-state index in [1.54, 1.807) is 19.1 Å². The van der Waals surface area contributed by atoms with Crippen LogP contribution in [-0.2, 0) is 14.6 Å². The van der Waals surface area contributed by atoms with Gasteiger partial charge in [-0.3, -0.25) is 20.3 Å². The number of sulfone groups is 1. The second kappa shape index (κ2) is 8.33. The second-order valence-electron chi connectivity index (χ2n) is 7.70. The molecule has 2 aliphatic rings. The smallest absolute Gasteiger partial charge is 0.283 e. The molecule has 2 aromatic rings. The van der Waals surface area contributed by atoms with E-state index in [4.69, 9.17) is 5.41 Å². The summed E-state index contributed by atoms with van der Waals surface area (Å²) >= 11 is 0.741. The van der Waals surface area contributed by atoms with Crippen LogP contribution in [0.3, 0.4) is 0 Å². The lowest BCUT2D eigenvalue weighted by molar-refractivity contribution is -0.384. The van der Waals surface area contributed by atoms with E-state index in [9.17, 15) is 23.3 Å². The minimum Gasteiger partial charge on any atom is -0.317 e. The van der Waals surface area contributed by atoms with Crippen LogP contribution in [0.4, 0.5) is 5.69 Å². The molecule has 0 spiro atoms. The fraction of sp³-hybridized carbons (Fsp3) is 0.238. The molecule has 0 aliphatic carbocycles.